The van der Waals surface area contributed by atoms with Crippen LogP contribution >= 0.6 is 0 Å². The van der Waals surface area contributed by atoms with E-state index in [0.717, 1.165) is 18.9 Å². The highest BCUT2D eigenvalue weighted by Crippen LogP contribution is 2.21. The largest absolute Gasteiger partial charge is 0.382 e. The average Bonchev–Trinajstić information content (AvgIpc) is 2.40. The molecular formula is C18H27F2N. The maximum absolute atomic E-state index is 13.3. The molecule has 1 aliphatic carbocycles. The fourth-order valence-corrected chi connectivity index (χ4v) is 3.18. The zero-order chi connectivity index (χ0) is 14.9. The minimum atomic E-state index is -0.509. The Balaban J connectivity index is 1.90. The van der Waals surface area contributed by atoms with E-state index in [-0.39, 0.29) is 0 Å². The van der Waals surface area contributed by atoms with Crippen molar-refractivity contribution in [2.45, 2.75) is 76.7 Å². The lowest BCUT2D eigenvalue weighted by molar-refractivity contribution is 0.480. The topological polar surface area (TPSA) is 12.0 Å². The van der Waals surface area contributed by atoms with Crippen molar-refractivity contribution in [1.82, 2.24) is 0 Å². The molecule has 118 valence electrons. The lowest BCUT2D eigenvalue weighted by atomic mass is 9.98. The van der Waals surface area contributed by atoms with Crippen molar-refractivity contribution in [3.05, 3.63) is 29.8 Å². The molecular weight excluding hydrogens is 268 g/mol. The minimum Gasteiger partial charge on any atom is -0.382 e. The van der Waals surface area contributed by atoms with E-state index in [1.807, 2.05) is 0 Å². The molecule has 0 radical (unpaired) electrons. The van der Waals surface area contributed by atoms with Gasteiger partial charge in [0.25, 0.3) is 0 Å². The van der Waals surface area contributed by atoms with Gasteiger partial charge in [-0.2, -0.15) is 0 Å². The molecule has 1 aromatic rings. The van der Waals surface area contributed by atoms with Crippen molar-refractivity contribution in [3.63, 3.8) is 0 Å². The summed E-state index contributed by atoms with van der Waals surface area (Å²) in [5.74, 6) is -1.02. The summed E-state index contributed by atoms with van der Waals surface area (Å²) >= 11 is 0. The number of anilines is 1. The number of nitrogens with one attached hydrogen (secondary N) is 1. The van der Waals surface area contributed by atoms with E-state index in [1.165, 1.54) is 69.9 Å². The van der Waals surface area contributed by atoms with Crippen LogP contribution in [0.4, 0.5) is 14.5 Å². The molecule has 0 saturated heterocycles. The van der Waals surface area contributed by atoms with Crippen LogP contribution in [0.3, 0.4) is 0 Å². The van der Waals surface area contributed by atoms with Crippen molar-refractivity contribution in [1.29, 1.82) is 0 Å². The normalized spacial score (nSPS) is 19.5. The highest BCUT2D eigenvalue weighted by molar-refractivity contribution is 5.44. The summed E-state index contributed by atoms with van der Waals surface area (Å²) in [6.07, 6.45) is 13.9. The minimum absolute atomic E-state index is 0.339. The maximum Gasteiger partial charge on any atom is 0.128 e. The molecule has 0 aromatic heterocycles. The first-order valence-corrected chi connectivity index (χ1v) is 8.47. The van der Waals surface area contributed by atoms with E-state index < -0.39 is 11.6 Å². The molecule has 1 N–H and O–H groups in total. The molecule has 0 bridgehead atoms. The lowest BCUT2D eigenvalue weighted by Gasteiger charge is -2.21. The van der Waals surface area contributed by atoms with Gasteiger partial charge in [-0.3, -0.25) is 0 Å². The van der Waals surface area contributed by atoms with Gasteiger partial charge in [0.2, 0.25) is 0 Å². The van der Waals surface area contributed by atoms with Crippen LogP contribution in [0, 0.1) is 11.6 Å². The summed E-state index contributed by atoms with van der Waals surface area (Å²) in [6.45, 7) is 0. The van der Waals surface area contributed by atoms with Crippen LogP contribution in [-0.2, 0) is 0 Å². The van der Waals surface area contributed by atoms with E-state index in [4.69, 9.17) is 0 Å². The Morgan fingerprint density at radius 2 is 1.10 bits per heavy atom. The molecule has 1 aliphatic rings. The summed E-state index contributed by atoms with van der Waals surface area (Å²) in [6, 6.07) is 4.04. The molecule has 1 saturated carbocycles. The Morgan fingerprint density at radius 1 is 0.667 bits per heavy atom. The van der Waals surface area contributed by atoms with E-state index in [2.05, 4.69) is 5.32 Å². The third-order valence-corrected chi connectivity index (χ3v) is 4.34. The monoisotopic (exact) mass is 295 g/mol. The SMILES string of the molecule is Fc1cc(F)cc(NC2CCCCCCCCCCC2)c1. The Labute approximate surface area is 127 Å². The molecule has 0 heterocycles. The van der Waals surface area contributed by atoms with Crippen molar-refractivity contribution in [2.24, 2.45) is 0 Å². The van der Waals surface area contributed by atoms with E-state index in [9.17, 15) is 8.78 Å². The summed E-state index contributed by atoms with van der Waals surface area (Å²) < 4.78 is 26.5. The number of hydrogen-bond donors (Lipinski definition) is 1. The van der Waals surface area contributed by atoms with E-state index in [1.54, 1.807) is 0 Å². The summed E-state index contributed by atoms with van der Waals surface area (Å²) in [7, 11) is 0. The van der Waals surface area contributed by atoms with Gasteiger partial charge in [-0.25, -0.2) is 8.78 Å². The summed E-state index contributed by atoms with van der Waals surface area (Å²) in [5.41, 5.74) is 0.574. The molecule has 1 nitrogen and oxygen atoms in total. The standard InChI is InChI=1S/C18H27F2N/c19-15-12-16(20)14-18(13-15)21-17-10-8-6-4-2-1-3-5-7-9-11-17/h12-14,17,21H,1-11H2. The van der Waals surface area contributed by atoms with Crippen molar-refractivity contribution >= 4 is 5.69 Å². The van der Waals surface area contributed by atoms with Crippen molar-refractivity contribution in [2.75, 3.05) is 5.32 Å². The van der Waals surface area contributed by atoms with Gasteiger partial charge in [0.05, 0.1) is 0 Å². The molecule has 0 atom stereocenters. The molecule has 0 aliphatic heterocycles. The van der Waals surface area contributed by atoms with Gasteiger partial charge >= 0.3 is 0 Å². The second-order valence-electron chi connectivity index (χ2n) is 6.26. The third-order valence-electron chi connectivity index (χ3n) is 4.34. The van der Waals surface area contributed by atoms with Crippen LogP contribution in [0.15, 0.2) is 18.2 Å². The summed E-state index contributed by atoms with van der Waals surface area (Å²) in [5, 5.41) is 3.33. The molecule has 21 heavy (non-hydrogen) atoms. The van der Waals surface area contributed by atoms with Gasteiger partial charge in [-0.05, 0) is 25.0 Å². The molecule has 2 rings (SSSR count). The lowest BCUT2D eigenvalue weighted by Crippen LogP contribution is -2.19. The first-order valence-electron chi connectivity index (χ1n) is 8.47. The van der Waals surface area contributed by atoms with E-state index in [0.29, 0.717) is 11.7 Å². The third kappa shape index (κ3) is 6.45. The first kappa shape index (κ1) is 16.3. The quantitative estimate of drug-likeness (QED) is 0.700. The molecule has 1 aromatic carbocycles. The van der Waals surface area contributed by atoms with Gasteiger partial charge in [0.1, 0.15) is 11.6 Å². The van der Waals surface area contributed by atoms with Crippen LogP contribution in [-0.4, -0.2) is 6.04 Å². The molecule has 3 heteroatoms. The van der Waals surface area contributed by atoms with Gasteiger partial charge in [0, 0.05) is 17.8 Å². The van der Waals surface area contributed by atoms with Crippen LogP contribution < -0.4 is 5.32 Å². The van der Waals surface area contributed by atoms with Gasteiger partial charge < -0.3 is 5.32 Å². The van der Waals surface area contributed by atoms with Gasteiger partial charge in [-0.1, -0.05) is 57.8 Å². The second-order valence-corrected chi connectivity index (χ2v) is 6.26. The van der Waals surface area contributed by atoms with Crippen LogP contribution in [0.25, 0.3) is 0 Å². The van der Waals surface area contributed by atoms with Crippen LogP contribution in [0.1, 0.15) is 70.6 Å². The van der Waals surface area contributed by atoms with Gasteiger partial charge in [0.15, 0.2) is 0 Å². The number of benzene rings is 1. The maximum atomic E-state index is 13.3. The smallest absolute Gasteiger partial charge is 0.128 e. The van der Waals surface area contributed by atoms with E-state index >= 15 is 0 Å². The number of halogens is 2. The Bertz CT molecular complexity index is 387. The highest BCUT2D eigenvalue weighted by Gasteiger charge is 2.10. The molecule has 0 spiro atoms. The fourth-order valence-electron chi connectivity index (χ4n) is 3.18. The Hall–Kier alpha value is -1.12. The predicted molar refractivity (Wildman–Crippen MR) is 84.6 cm³/mol. The average molecular weight is 295 g/mol. The highest BCUT2D eigenvalue weighted by atomic mass is 19.1. The fraction of sp³-hybridized carbons (Fsp3) is 0.667. The molecule has 0 unspecified atom stereocenters. The number of rotatable bonds is 2. The number of hydrogen-bond acceptors (Lipinski definition) is 1. The molecule has 1 fully saturated rings. The zero-order valence-corrected chi connectivity index (χ0v) is 12.8. The second kappa shape index (κ2) is 9.01. The van der Waals surface area contributed by atoms with Crippen molar-refractivity contribution < 1.29 is 8.78 Å². The van der Waals surface area contributed by atoms with Crippen LogP contribution in [0.2, 0.25) is 0 Å². The zero-order valence-electron chi connectivity index (χ0n) is 12.8. The first-order chi connectivity index (χ1) is 10.2. The van der Waals surface area contributed by atoms with Crippen LogP contribution in [0.5, 0.6) is 0 Å². The van der Waals surface area contributed by atoms with Gasteiger partial charge in [-0.15, -0.1) is 0 Å². The predicted octanol–water partition coefficient (Wildman–Crippen LogP) is 6.05. The van der Waals surface area contributed by atoms with Crippen molar-refractivity contribution in [3.8, 4) is 0 Å². The summed E-state index contributed by atoms with van der Waals surface area (Å²) in [4.78, 5) is 0. The Morgan fingerprint density at radius 3 is 1.57 bits per heavy atom. The molecule has 0 amide bonds. The Kier molecular flexibility index (Phi) is 6.98.